The van der Waals surface area contributed by atoms with Gasteiger partial charge in [0.25, 0.3) is 0 Å². The minimum atomic E-state index is 0.571. The molecule has 0 amide bonds. The summed E-state index contributed by atoms with van der Waals surface area (Å²) in [5.74, 6) is 3.42. The molecule has 0 bridgehead atoms. The molecule has 0 saturated heterocycles. The van der Waals surface area contributed by atoms with Gasteiger partial charge in [-0.1, -0.05) is 432 Å². The maximum absolute atomic E-state index is 2.36. The van der Waals surface area contributed by atoms with Crippen LogP contribution >= 0.6 is 0 Å². The summed E-state index contributed by atoms with van der Waals surface area (Å²) in [5, 5.41) is 0. The first-order valence-electron chi connectivity index (χ1n) is 41.7. The van der Waals surface area contributed by atoms with Crippen molar-refractivity contribution in [3.05, 3.63) is 443 Å². The Kier molecular flexibility index (Phi) is 34.3. The third-order valence-electron chi connectivity index (χ3n) is 20.6. The first-order valence-corrected chi connectivity index (χ1v) is 41.7. The maximum atomic E-state index is 2.36. The quantitative estimate of drug-likeness (QED) is 0.0904. The van der Waals surface area contributed by atoms with Crippen LogP contribution in [0.25, 0.3) is 89.0 Å². The lowest BCUT2D eigenvalue weighted by Gasteiger charge is -2.19. The summed E-state index contributed by atoms with van der Waals surface area (Å²) in [4.78, 5) is 0. The number of hydrogen-bond acceptors (Lipinski definition) is 0. The molecule has 0 aliphatic heterocycles. The lowest BCUT2D eigenvalue weighted by atomic mass is 9.86. The van der Waals surface area contributed by atoms with Crippen LogP contribution in [0.15, 0.2) is 376 Å². The smallest absolute Gasteiger partial charge is 0.0142 e. The van der Waals surface area contributed by atoms with Gasteiger partial charge < -0.3 is 0 Å². The van der Waals surface area contributed by atoms with Crippen LogP contribution in [0.3, 0.4) is 0 Å². The van der Waals surface area contributed by atoms with Crippen molar-refractivity contribution in [1.82, 2.24) is 0 Å². The Hall–Kier alpha value is -11.7. The number of aryl methyl sites for hydroxylation is 5. The van der Waals surface area contributed by atoms with Gasteiger partial charge in [0.2, 0.25) is 0 Å². The second kappa shape index (κ2) is 45.3. The van der Waals surface area contributed by atoms with E-state index in [0.29, 0.717) is 11.8 Å². The Morgan fingerprint density at radius 1 is 0.183 bits per heavy atom. The van der Waals surface area contributed by atoms with E-state index >= 15 is 0 Å². The molecule has 0 N–H and O–H groups in total. The highest BCUT2D eigenvalue weighted by Gasteiger charge is 2.16. The van der Waals surface area contributed by atoms with Gasteiger partial charge in [0.15, 0.2) is 0 Å². The van der Waals surface area contributed by atoms with Crippen molar-refractivity contribution in [1.29, 1.82) is 0 Å². The zero-order valence-electron chi connectivity index (χ0n) is 71.8. The van der Waals surface area contributed by atoms with Gasteiger partial charge in [-0.05, 0) is 266 Å². The van der Waals surface area contributed by atoms with Gasteiger partial charge in [-0.3, -0.25) is 0 Å². The summed E-state index contributed by atoms with van der Waals surface area (Å²) in [5.41, 5.74) is 37.3. The third kappa shape index (κ3) is 27.8. The largest absolute Gasteiger partial charge is 0.0625 e. The zero-order chi connectivity index (χ0) is 82.0. The van der Waals surface area contributed by atoms with Crippen molar-refractivity contribution < 1.29 is 0 Å². The fourth-order valence-corrected chi connectivity index (χ4v) is 14.6. The van der Waals surface area contributed by atoms with Crippen molar-refractivity contribution in [2.45, 2.75) is 149 Å². The van der Waals surface area contributed by atoms with Crippen molar-refractivity contribution in [3.63, 3.8) is 0 Å². The van der Waals surface area contributed by atoms with Crippen LogP contribution in [0.5, 0.6) is 0 Å². The highest BCUT2D eigenvalue weighted by atomic mass is 14.2. The molecule has 0 saturated carbocycles. The molecular weight excluding hydrogens is 1380 g/mol. The minimum Gasteiger partial charge on any atom is -0.0625 e. The Morgan fingerprint density at radius 2 is 0.513 bits per heavy atom. The molecule has 0 aliphatic rings. The van der Waals surface area contributed by atoms with Crippen LogP contribution in [0.4, 0.5) is 0 Å². The van der Waals surface area contributed by atoms with Crippen LogP contribution in [0.1, 0.15) is 148 Å². The minimum absolute atomic E-state index is 0.571. The number of rotatable bonds is 16. The topological polar surface area (TPSA) is 0 Å². The van der Waals surface area contributed by atoms with Gasteiger partial charge in [0, 0.05) is 0 Å². The Bertz CT molecular complexity index is 5160. The van der Waals surface area contributed by atoms with Gasteiger partial charge in [0.1, 0.15) is 0 Å². The molecule has 0 fully saturated rings. The van der Waals surface area contributed by atoms with Crippen LogP contribution in [0.2, 0.25) is 0 Å². The fraction of sp³-hybridized carbons (Fsp3) is 0.217. The van der Waals surface area contributed by atoms with E-state index in [1.54, 1.807) is 0 Å². The molecule has 0 nitrogen and oxygen atoms in total. The number of benzene rings is 15. The van der Waals surface area contributed by atoms with Crippen LogP contribution in [-0.4, -0.2) is 0 Å². The molecule has 15 aromatic rings. The molecule has 15 aromatic carbocycles. The SMILES string of the molecule is Cc1c(-c2ccccc2)cc(-c2ccccc2)cc1-c1ccccc1.Cc1c(C(C)C)cc(-c2ccccc2)cc1C(C)C.Cc1cc(-c2ccccc2)cc(-c2ccccc2)c1.Cc1ccc(-c2ccccc2)cc1-c1ccccc1.Cc1ccc(CC(C)C)cc1.Cc1cccc(CC(C)C)c1.Cc1ccccc1CC(C)C. The monoisotopic (exact) mass is 1500 g/mol. The average Bonchev–Trinajstić information content (AvgIpc) is 0.817. The van der Waals surface area contributed by atoms with E-state index in [-0.39, 0.29) is 0 Å². The number of hydrogen-bond donors (Lipinski definition) is 0. The van der Waals surface area contributed by atoms with Gasteiger partial charge in [-0.2, -0.15) is 0 Å². The van der Waals surface area contributed by atoms with Gasteiger partial charge in [-0.25, -0.2) is 0 Å². The van der Waals surface area contributed by atoms with Crippen molar-refractivity contribution in [2.24, 2.45) is 17.8 Å². The molecule has 0 heteroatoms. The molecule has 0 radical (unpaired) electrons. The van der Waals surface area contributed by atoms with Gasteiger partial charge in [-0.15, -0.1) is 0 Å². The second-order valence-electron chi connectivity index (χ2n) is 32.5. The predicted octanol–water partition coefficient (Wildman–Crippen LogP) is 33.1. The van der Waals surface area contributed by atoms with Crippen molar-refractivity contribution in [2.75, 3.05) is 0 Å². The molecule has 0 spiro atoms. The molecule has 0 heterocycles. The summed E-state index contributed by atoms with van der Waals surface area (Å²) in [6.07, 6.45) is 3.59. The van der Waals surface area contributed by atoms with Crippen LogP contribution in [-0.2, 0) is 19.3 Å². The summed E-state index contributed by atoms with van der Waals surface area (Å²) >= 11 is 0. The van der Waals surface area contributed by atoms with E-state index in [9.17, 15) is 0 Å². The average molecular weight is 1510 g/mol. The van der Waals surface area contributed by atoms with E-state index in [1.807, 2.05) is 0 Å². The highest BCUT2D eigenvalue weighted by molar-refractivity contribution is 5.85. The van der Waals surface area contributed by atoms with Gasteiger partial charge in [0.05, 0.1) is 0 Å². The molecule has 0 unspecified atom stereocenters. The van der Waals surface area contributed by atoms with E-state index in [1.165, 1.54) is 175 Å². The van der Waals surface area contributed by atoms with Crippen molar-refractivity contribution >= 4 is 0 Å². The molecule has 15 rings (SSSR count). The molecular formula is C115H124. The first kappa shape index (κ1) is 87.3. The first-order chi connectivity index (χ1) is 55.6. The van der Waals surface area contributed by atoms with Crippen LogP contribution < -0.4 is 0 Å². The molecule has 584 valence electrons. The lowest BCUT2D eigenvalue weighted by Crippen LogP contribution is -2.00. The van der Waals surface area contributed by atoms with Crippen molar-refractivity contribution in [3.8, 4) is 89.0 Å². The zero-order valence-corrected chi connectivity index (χ0v) is 71.8. The molecule has 0 aromatic heterocycles. The van der Waals surface area contributed by atoms with Gasteiger partial charge >= 0.3 is 0 Å². The molecule has 0 atom stereocenters. The summed E-state index contributed by atoms with van der Waals surface area (Å²) in [7, 11) is 0. The Labute approximate surface area is 693 Å². The molecule has 0 aliphatic carbocycles. The summed E-state index contributed by atoms with van der Waals surface area (Å²) < 4.78 is 0. The fourth-order valence-electron chi connectivity index (χ4n) is 14.6. The molecule has 115 heavy (non-hydrogen) atoms. The van der Waals surface area contributed by atoms with E-state index in [0.717, 1.165) is 17.8 Å². The van der Waals surface area contributed by atoms with Crippen LogP contribution in [0, 0.1) is 66.2 Å². The lowest BCUT2D eigenvalue weighted by molar-refractivity contribution is 0.645. The highest BCUT2D eigenvalue weighted by Crippen LogP contribution is 2.38. The van der Waals surface area contributed by atoms with E-state index in [4.69, 9.17) is 0 Å². The Morgan fingerprint density at radius 3 is 0.887 bits per heavy atom. The predicted molar refractivity (Wildman–Crippen MR) is 506 cm³/mol. The maximum Gasteiger partial charge on any atom is -0.0142 e. The standard InChI is InChI=1S/C25H20.2C19H16.C19H24.3C11H16/c1-19-24(21-13-7-3-8-14-21)17-23(20-11-5-2-6-12-20)18-25(19)22-15-9-4-10-16-22;1-15-12-18(16-8-4-2-5-9-16)14-19(13-15)17-10-6-3-7-11-17;1-15-12-13-18(16-8-4-2-5-9-16)14-19(15)17-10-6-3-7-11-17;1-13(2)18-11-17(16-9-7-6-8-10-16)12-19(14(3)4)15(18)5;1-9(2)8-11-6-4-10(3)5-7-11;1-9(2)7-11-6-4-5-10(3)8-11;1-9(2)8-11-7-5-4-6-10(11)3/h2-18H,1H3;2*2-14H,1H3;6-14H,1-5H3;4-7,9H,8H2,1-3H3;4-6,8-9H,7H2,1-3H3;4-7,9H,8H2,1-3H3. The van der Waals surface area contributed by atoms with E-state index in [2.05, 4.69) is 494 Å². The normalized spacial score (nSPS) is 10.6. The summed E-state index contributed by atoms with van der Waals surface area (Å²) in [6.45, 7) is 37.9. The van der Waals surface area contributed by atoms with E-state index < -0.39 is 0 Å². The second-order valence-corrected chi connectivity index (χ2v) is 32.5. The Balaban J connectivity index is 0.000000157. The third-order valence-corrected chi connectivity index (χ3v) is 20.6. The summed E-state index contributed by atoms with van der Waals surface area (Å²) in [6, 6.07) is 134.